The highest BCUT2D eigenvalue weighted by atomic mass is 16.2. The van der Waals surface area contributed by atoms with Crippen LogP contribution in [-0.2, 0) is 9.59 Å². The molecular formula is C11H19N3O2. The molecule has 16 heavy (non-hydrogen) atoms. The van der Waals surface area contributed by atoms with Crippen LogP contribution in [0.3, 0.4) is 0 Å². The van der Waals surface area contributed by atoms with E-state index >= 15 is 0 Å². The Balaban J connectivity index is 2.28. The van der Waals surface area contributed by atoms with E-state index in [2.05, 4.69) is 15.8 Å². The largest absolute Gasteiger partial charge is 0.348 e. The topological polar surface area (TPSA) is 70.6 Å². The molecule has 2 N–H and O–H groups in total. The molecular weight excluding hydrogens is 206 g/mol. The van der Waals surface area contributed by atoms with E-state index in [4.69, 9.17) is 0 Å². The lowest BCUT2D eigenvalue weighted by Crippen LogP contribution is -2.39. The molecule has 2 amide bonds. The van der Waals surface area contributed by atoms with Gasteiger partial charge in [0.15, 0.2) is 0 Å². The van der Waals surface area contributed by atoms with Crippen LogP contribution in [0.4, 0.5) is 0 Å². The van der Waals surface area contributed by atoms with Crippen LogP contribution in [-0.4, -0.2) is 24.1 Å². The first-order chi connectivity index (χ1) is 7.59. The van der Waals surface area contributed by atoms with E-state index in [0.717, 1.165) is 31.4 Å². The number of nitrogens with zero attached hydrogens (tertiary/aromatic N) is 1. The standard InChI is InChI=1S/C11H19N3O2/c1-8(2)7-12-10(15)11(16)14-13-9-5-3-4-6-9/h8H,3-7H2,1-2H3,(H,12,15)(H,14,16). The van der Waals surface area contributed by atoms with Gasteiger partial charge in [0, 0.05) is 12.3 Å². The Kier molecular flexibility index (Phi) is 4.95. The number of hydrogen-bond donors (Lipinski definition) is 2. The van der Waals surface area contributed by atoms with Gasteiger partial charge in [0.1, 0.15) is 0 Å². The summed E-state index contributed by atoms with van der Waals surface area (Å²) in [6, 6.07) is 0. The normalized spacial score (nSPS) is 15.1. The quantitative estimate of drug-likeness (QED) is 0.551. The van der Waals surface area contributed by atoms with Crippen LogP contribution in [0.1, 0.15) is 39.5 Å². The van der Waals surface area contributed by atoms with Gasteiger partial charge in [0.25, 0.3) is 0 Å². The van der Waals surface area contributed by atoms with E-state index in [1.165, 1.54) is 0 Å². The van der Waals surface area contributed by atoms with Crippen LogP contribution in [0.25, 0.3) is 0 Å². The van der Waals surface area contributed by atoms with Crippen molar-refractivity contribution in [3.63, 3.8) is 0 Å². The minimum Gasteiger partial charge on any atom is -0.348 e. The second-order valence-corrected chi connectivity index (χ2v) is 4.43. The molecule has 0 aromatic rings. The van der Waals surface area contributed by atoms with Crippen molar-refractivity contribution in [2.45, 2.75) is 39.5 Å². The van der Waals surface area contributed by atoms with E-state index in [-0.39, 0.29) is 0 Å². The average Bonchev–Trinajstić information content (AvgIpc) is 2.75. The fourth-order valence-electron chi connectivity index (χ4n) is 1.45. The van der Waals surface area contributed by atoms with Gasteiger partial charge in [0.2, 0.25) is 0 Å². The summed E-state index contributed by atoms with van der Waals surface area (Å²) >= 11 is 0. The highest BCUT2D eigenvalue weighted by Gasteiger charge is 2.14. The van der Waals surface area contributed by atoms with Gasteiger partial charge in [-0.05, 0) is 31.6 Å². The summed E-state index contributed by atoms with van der Waals surface area (Å²) in [6.07, 6.45) is 4.09. The zero-order valence-corrected chi connectivity index (χ0v) is 9.88. The molecule has 1 aliphatic carbocycles. The molecule has 0 radical (unpaired) electrons. The molecule has 1 fully saturated rings. The van der Waals surface area contributed by atoms with E-state index in [1.807, 2.05) is 13.8 Å². The molecule has 0 aromatic carbocycles. The Morgan fingerprint density at radius 3 is 2.44 bits per heavy atom. The Morgan fingerprint density at radius 2 is 1.88 bits per heavy atom. The van der Waals surface area contributed by atoms with Gasteiger partial charge >= 0.3 is 11.8 Å². The zero-order valence-electron chi connectivity index (χ0n) is 9.88. The van der Waals surface area contributed by atoms with Crippen molar-refractivity contribution in [3.8, 4) is 0 Å². The lowest BCUT2D eigenvalue weighted by molar-refractivity contribution is -0.139. The van der Waals surface area contributed by atoms with Crippen molar-refractivity contribution >= 4 is 17.5 Å². The number of hydrazone groups is 1. The van der Waals surface area contributed by atoms with Crippen molar-refractivity contribution in [2.75, 3.05) is 6.54 Å². The van der Waals surface area contributed by atoms with Gasteiger partial charge in [-0.15, -0.1) is 0 Å². The van der Waals surface area contributed by atoms with Gasteiger partial charge in [-0.1, -0.05) is 13.8 Å². The fraction of sp³-hybridized carbons (Fsp3) is 0.727. The molecule has 0 aromatic heterocycles. The summed E-state index contributed by atoms with van der Waals surface area (Å²) in [5.74, 6) is -0.964. The first-order valence-corrected chi connectivity index (χ1v) is 5.73. The predicted molar refractivity (Wildman–Crippen MR) is 61.9 cm³/mol. The first-order valence-electron chi connectivity index (χ1n) is 5.73. The summed E-state index contributed by atoms with van der Waals surface area (Å²) in [6.45, 7) is 4.44. The summed E-state index contributed by atoms with van der Waals surface area (Å²) in [7, 11) is 0. The van der Waals surface area contributed by atoms with Crippen molar-refractivity contribution in [1.29, 1.82) is 0 Å². The molecule has 90 valence electrons. The maximum atomic E-state index is 11.3. The molecule has 0 aliphatic heterocycles. The number of hydrogen-bond acceptors (Lipinski definition) is 3. The Bertz CT molecular complexity index is 290. The lowest BCUT2D eigenvalue weighted by atomic mass is 10.2. The van der Waals surface area contributed by atoms with Crippen LogP contribution in [0.2, 0.25) is 0 Å². The van der Waals surface area contributed by atoms with E-state index < -0.39 is 11.8 Å². The summed E-state index contributed by atoms with van der Waals surface area (Å²) in [5, 5.41) is 6.46. The van der Waals surface area contributed by atoms with Crippen LogP contribution >= 0.6 is 0 Å². The Morgan fingerprint density at radius 1 is 1.25 bits per heavy atom. The molecule has 1 rings (SSSR count). The van der Waals surface area contributed by atoms with E-state index in [0.29, 0.717) is 12.5 Å². The summed E-state index contributed by atoms with van der Waals surface area (Å²) in [4.78, 5) is 22.5. The van der Waals surface area contributed by atoms with E-state index in [9.17, 15) is 9.59 Å². The maximum Gasteiger partial charge on any atom is 0.329 e. The highest BCUT2D eigenvalue weighted by molar-refractivity contribution is 6.35. The molecule has 0 atom stereocenters. The summed E-state index contributed by atoms with van der Waals surface area (Å²) < 4.78 is 0. The number of amides is 2. The monoisotopic (exact) mass is 225 g/mol. The van der Waals surface area contributed by atoms with Crippen molar-refractivity contribution in [1.82, 2.24) is 10.7 Å². The van der Waals surface area contributed by atoms with Gasteiger partial charge in [-0.2, -0.15) is 5.10 Å². The average molecular weight is 225 g/mol. The fourth-order valence-corrected chi connectivity index (χ4v) is 1.45. The molecule has 0 heterocycles. The highest BCUT2D eigenvalue weighted by Crippen LogP contribution is 2.13. The SMILES string of the molecule is CC(C)CNC(=O)C(=O)NN=C1CCCC1. The number of carbonyl (C=O) groups is 2. The molecule has 0 spiro atoms. The molecule has 1 aliphatic rings. The molecule has 0 bridgehead atoms. The Hall–Kier alpha value is -1.39. The minimum absolute atomic E-state index is 0.331. The first kappa shape index (κ1) is 12.7. The third-order valence-corrected chi connectivity index (χ3v) is 2.37. The summed E-state index contributed by atoms with van der Waals surface area (Å²) in [5.41, 5.74) is 3.26. The van der Waals surface area contributed by atoms with Gasteiger partial charge in [-0.25, -0.2) is 5.43 Å². The Labute approximate surface area is 95.7 Å². The van der Waals surface area contributed by atoms with Crippen LogP contribution in [0.5, 0.6) is 0 Å². The number of nitrogens with one attached hydrogen (secondary N) is 2. The third kappa shape index (κ3) is 4.42. The lowest BCUT2D eigenvalue weighted by Gasteiger charge is -2.06. The number of rotatable bonds is 3. The predicted octanol–water partition coefficient (Wildman–Crippen LogP) is 0.805. The molecule has 5 heteroatoms. The second-order valence-electron chi connectivity index (χ2n) is 4.43. The third-order valence-electron chi connectivity index (χ3n) is 2.37. The van der Waals surface area contributed by atoms with Crippen molar-refractivity contribution in [3.05, 3.63) is 0 Å². The van der Waals surface area contributed by atoms with Crippen molar-refractivity contribution in [2.24, 2.45) is 11.0 Å². The van der Waals surface area contributed by atoms with Gasteiger partial charge in [0.05, 0.1) is 0 Å². The molecule has 0 saturated heterocycles. The van der Waals surface area contributed by atoms with Crippen LogP contribution in [0, 0.1) is 5.92 Å². The molecule has 0 unspecified atom stereocenters. The minimum atomic E-state index is -0.681. The van der Waals surface area contributed by atoms with Gasteiger partial charge < -0.3 is 5.32 Å². The zero-order chi connectivity index (χ0) is 12.0. The number of carbonyl (C=O) groups excluding carboxylic acids is 2. The maximum absolute atomic E-state index is 11.3. The van der Waals surface area contributed by atoms with Crippen molar-refractivity contribution < 1.29 is 9.59 Å². The smallest absolute Gasteiger partial charge is 0.329 e. The van der Waals surface area contributed by atoms with E-state index in [1.54, 1.807) is 0 Å². The van der Waals surface area contributed by atoms with Crippen LogP contribution in [0.15, 0.2) is 5.10 Å². The molecule has 1 saturated carbocycles. The van der Waals surface area contributed by atoms with Crippen LogP contribution < -0.4 is 10.7 Å². The van der Waals surface area contributed by atoms with Gasteiger partial charge in [-0.3, -0.25) is 9.59 Å². The molecule has 5 nitrogen and oxygen atoms in total. The second kappa shape index (κ2) is 6.25.